The van der Waals surface area contributed by atoms with E-state index in [2.05, 4.69) is 20.9 Å². The molecule has 1 aromatic heterocycles. The third kappa shape index (κ3) is 2.06. The van der Waals surface area contributed by atoms with Crippen LogP contribution < -0.4 is 0 Å². The molecule has 1 heterocycles. The highest BCUT2D eigenvalue weighted by Crippen LogP contribution is 2.42. The number of hydrogen-bond donors (Lipinski definition) is 0. The summed E-state index contributed by atoms with van der Waals surface area (Å²) in [6, 6.07) is 1.91. The normalized spacial score (nSPS) is 18.7. The van der Waals surface area contributed by atoms with Gasteiger partial charge in [-0.15, -0.1) is 0 Å². The number of aromatic nitrogens is 1. The molecule has 1 atom stereocenters. The van der Waals surface area contributed by atoms with Crippen molar-refractivity contribution < 1.29 is 4.55 Å². The minimum Gasteiger partial charge on any atom is -0.612 e. The summed E-state index contributed by atoms with van der Waals surface area (Å²) in [5, 5.41) is 0. The summed E-state index contributed by atoms with van der Waals surface area (Å²) >= 11 is 2.41. The topological polar surface area (TPSA) is 36.0 Å². The molecule has 0 aromatic carbocycles. The molecule has 1 aliphatic carbocycles. The fourth-order valence-corrected chi connectivity index (χ4v) is 2.61. The van der Waals surface area contributed by atoms with Gasteiger partial charge in [-0.3, -0.25) is 4.98 Å². The van der Waals surface area contributed by atoms with E-state index in [9.17, 15) is 4.55 Å². The summed E-state index contributed by atoms with van der Waals surface area (Å²) in [5.41, 5.74) is 1.03. The summed E-state index contributed by atoms with van der Waals surface area (Å²) in [5.74, 6) is 0.562. The van der Waals surface area contributed by atoms with Crippen molar-refractivity contribution in [3.63, 3.8) is 0 Å². The zero-order chi connectivity index (χ0) is 9.42. The molecule has 0 aliphatic heterocycles. The number of nitrogens with zero attached hydrogens (tertiary/aromatic N) is 1. The maximum atomic E-state index is 11.4. The van der Waals surface area contributed by atoms with E-state index >= 15 is 0 Å². The van der Waals surface area contributed by atoms with Crippen LogP contribution in [0.15, 0.2) is 21.6 Å². The van der Waals surface area contributed by atoms with Crippen molar-refractivity contribution in [3.05, 3.63) is 22.4 Å². The minimum atomic E-state index is -0.924. The Kier molecular flexibility index (Phi) is 2.62. The molecule has 0 N–H and O–H groups in total. The van der Waals surface area contributed by atoms with Gasteiger partial charge >= 0.3 is 0 Å². The van der Waals surface area contributed by atoms with Crippen LogP contribution in [-0.4, -0.2) is 15.8 Å². The van der Waals surface area contributed by atoms with E-state index in [1.165, 1.54) is 12.8 Å². The summed E-state index contributed by atoms with van der Waals surface area (Å²) in [6.07, 6.45) is 5.87. The van der Waals surface area contributed by atoms with Crippen LogP contribution >= 0.6 is 15.9 Å². The van der Waals surface area contributed by atoms with Gasteiger partial charge in [0, 0.05) is 22.7 Å². The monoisotopic (exact) mass is 259 g/mol. The van der Waals surface area contributed by atoms with Gasteiger partial charge in [0.2, 0.25) is 0 Å². The quantitative estimate of drug-likeness (QED) is 0.766. The lowest BCUT2D eigenvalue weighted by molar-refractivity contribution is 0.598. The summed E-state index contributed by atoms with van der Waals surface area (Å²) < 4.78 is 12.3. The summed E-state index contributed by atoms with van der Waals surface area (Å²) in [4.78, 5) is 5.21. The molecule has 0 radical (unpaired) electrons. The standard InChI is InChI=1S/C9H10BrNOS/c1-13(12)8-4-7(10)5-11-9(8)6-2-3-6/h4-6H,2-3H2,1H3. The first kappa shape index (κ1) is 9.49. The van der Waals surface area contributed by atoms with Crippen LogP contribution in [-0.2, 0) is 11.2 Å². The molecule has 1 aliphatic rings. The van der Waals surface area contributed by atoms with E-state index in [1.807, 2.05) is 6.07 Å². The fourth-order valence-electron chi connectivity index (χ4n) is 1.32. The second-order valence-corrected chi connectivity index (χ2v) is 5.53. The fraction of sp³-hybridized carbons (Fsp3) is 0.444. The van der Waals surface area contributed by atoms with Gasteiger partial charge in [-0.05, 0) is 39.9 Å². The second kappa shape index (κ2) is 3.59. The van der Waals surface area contributed by atoms with Crippen molar-refractivity contribution in [2.45, 2.75) is 23.7 Å². The molecule has 0 bridgehead atoms. The van der Waals surface area contributed by atoms with E-state index in [0.29, 0.717) is 5.92 Å². The van der Waals surface area contributed by atoms with Crippen molar-refractivity contribution in [1.29, 1.82) is 0 Å². The third-order valence-corrected chi connectivity index (χ3v) is 3.50. The zero-order valence-corrected chi connectivity index (χ0v) is 9.69. The molecular weight excluding hydrogens is 250 g/mol. The number of pyridine rings is 1. The van der Waals surface area contributed by atoms with Crippen molar-refractivity contribution >= 4 is 27.1 Å². The minimum absolute atomic E-state index is 0.562. The Morgan fingerprint density at radius 2 is 2.31 bits per heavy atom. The summed E-state index contributed by atoms with van der Waals surface area (Å²) in [6.45, 7) is 0. The van der Waals surface area contributed by atoms with Crippen LogP contribution in [0.1, 0.15) is 24.5 Å². The molecule has 2 rings (SSSR count). The van der Waals surface area contributed by atoms with Crippen molar-refractivity contribution in [3.8, 4) is 0 Å². The molecule has 4 heteroatoms. The average Bonchev–Trinajstić information content (AvgIpc) is 2.87. The number of halogens is 1. The Labute approximate surface area is 89.1 Å². The first-order chi connectivity index (χ1) is 6.18. The van der Waals surface area contributed by atoms with E-state index in [1.54, 1.807) is 12.5 Å². The molecule has 0 spiro atoms. The molecule has 2 nitrogen and oxygen atoms in total. The molecule has 1 fully saturated rings. The van der Waals surface area contributed by atoms with E-state index in [-0.39, 0.29) is 0 Å². The molecule has 1 unspecified atom stereocenters. The van der Waals surface area contributed by atoms with Crippen LogP contribution in [0.2, 0.25) is 0 Å². The Hall–Kier alpha value is -0.0600. The highest BCUT2D eigenvalue weighted by Gasteiger charge is 2.30. The maximum Gasteiger partial charge on any atom is 0.175 e. The van der Waals surface area contributed by atoms with Crippen LogP contribution in [0, 0.1) is 0 Å². The van der Waals surface area contributed by atoms with Gasteiger partial charge in [-0.2, -0.15) is 0 Å². The van der Waals surface area contributed by atoms with Crippen LogP contribution in [0.5, 0.6) is 0 Å². The van der Waals surface area contributed by atoms with Gasteiger partial charge in [0.1, 0.15) is 6.26 Å². The second-order valence-electron chi connectivity index (χ2n) is 3.27. The van der Waals surface area contributed by atoms with Crippen molar-refractivity contribution in [2.24, 2.45) is 0 Å². The van der Waals surface area contributed by atoms with Gasteiger partial charge in [-0.1, -0.05) is 0 Å². The Morgan fingerprint density at radius 3 is 2.85 bits per heavy atom. The largest absolute Gasteiger partial charge is 0.612 e. The van der Waals surface area contributed by atoms with E-state index < -0.39 is 11.2 Å². The molecule has 13 heavy (non-hydrogen) atoms. The van der Waals surface area contributed by atoms with Crippen LogP contribution in [0.3, 0.4) is 0 Å². The molecule has 1 aromatic rings. The van der Waals surface area contributed by atoms with Crippen molar-refractivity contribution in [1.82, 2.24) is 4.98 Å². The van der Waals surface area contributed by atoms with E-state index in [0.717, 1.165) is 15.1 Å². The maximum absolute atomic E-state index is 11.4. The van der Waals surface area contributed by atoms with Gasteiger partial charge in [-0.25, -0.2) is 0 Å². The average molecular weight is 260 g/mol. The molecule has 0 amide bonds. The zero-order valence-electron chi connectivity index (χ0n) is 7.29. The summed E-state index contributed by atoms with van der Waals surface area (Å²) in [7, 11) is 0. The van der Waals surface area contributed by atoms with Gasteiger partial charge in [0.15, 0.2) is 4.90 Å². The van der Waals surface area contributed by atoms with Crippen LogP contribution in [0.4, 0.5) is 0 Å². The first-order valence-corrected chi connectivity index (χ1v) is 6.52. The molecular formula is C9H10BrNOS. The lowest BCUT2D eigenvalue weighted by Crippen LogP contribution is -2.03. The predicted octanol–water partition coefficient (Wildman–Crippen LogP) is 2.46. The third-order valence-electron chi connectivity index (χ3n) is 2.12. The lowest BCUT2D eigenvalue weighted by Gasteiger charge is -2.08. The molecule has 0 saturated heterocycles. The molecule has 70 valence electrons. The number of hydrogen-bond acceptors (Lipinski definition) is 2. The SMILES string of the molecule is C[S+]([O-])c1cc(Br)cnc1C1CC1. The molecule has 1 saturated carbocycles. The predicted molar refractivity (Wildman–Crippen MR) is 56.2 cm³/mol. The van der Waals surface area contributed by atoms with Gasteiger partial charge in [0.25, 0.3) is 0 Å². The smallest absolute Gasteiger partial charge is 0.175 e. The van der Waals surface area contributed by atoms with Gasteiger partial charge < -0.3 is 4.55 Å². The van der Waals surface area contributed by atoms with Crippen LogP contribution in [0.25, 0.3) is 0 Å². The highest BCUT2D eigenvalue weighted by molar-refractivity contribution is 9.10. The first-order valence-electron chi connectivity index (χ1n) is 4.17. The van der Waals surface area contributed by atoms with Gasteiger partial charge in [0.05, 0.1) is 5.69 Å². The highest BCUT2D eigenvalue weighted by atomic mass is 79.9. The van der Waals surface area contributed by atoms with E-state index in [4.69, 9.17) is 0 Å². The van der Waals surface area contributed by atoms with Crippen molar-refractivity contribution in [2.75, 3.05) is 6.26 Å². The number of rotatable bonds is 2. The lowest BCUT2D eigenvalue weighted by atomic mass is 10.2. The Bertz CT molecular complexity index is 325. The Balaban J connectivity index is 2.41. The Morgan fingerprint density at radius 1 is 1.62 bits per heavy atom.